The number of halogens is 2. The van der Waals surface area contributed by atoms with E-state index in [0.29, 0.717) is 24.4 Å². The lowest BCUT2D eigenvalue weighted by atomic mass is 10.1. The number of hydrogen-bond donors (Lipinski definition) is 1. The van der Waals surface area contributed by atoms with E-state index in [4.69, 9.17) is 4.74 Å². The van der Waals surface area contributed by atoms with Gasteiger partial charge in [0.25, 0.3) is 0 Å². The summed E-state index contributed by atoms with van der Waals surface area (Å²) in [5.41, 5.74) is 1.50. The van der Waals surface area contributed by atoms with Crippen LogP contribution in [-0.2, 0) is 17.8 Å². The number of rotatable bonds is 7. The normalized spacial score (nSPS) is 14.4. The first-order chi connectivity index (χ1) is 12.6. The standard InChI is InChI=1S/C20H22F2N2O2/c21-17-7-5-14(11-18(17)22)6-8-19(25)24-13-15-9-10-23-20(12-15)26-16-3-1-2-4-16/h5,7,9-12,16H,1-4,6,8,13H2,(H,24,25). The van der Waals surface area contributed by atoms with Gasteiger partial charge in [0.1, 0.15) is 6.10 Å². The molecule has 1 N–H and O–H groups in total. The van der Waals surface area contributed by atoms with Crippen LogP contribution >= 0.6 is 0 Å². The highest BCUT2D eigenvalue weighted by Gasteiger charge is 2.17. The van der Waals surface area contributed by atoms with Crippen LogP contribution in [0, 0.1) is 11.6 Å². The minimum atomic E-state index is -0.894. The number of carbonyl (C=O) groups is 1. The Morgan fingerprint density at radius 2 is 1.92 bits per heavy atom. The lowest BCUT2D eigenvalue weighted by Gasteiger charge is -2.13. The van der Waals surface area contributed by atoms with Gasteiger partial charge in [-0.1, -0.05) is 6.07 Å². The Bertz CT molecular complexity index is 761. The average Bonchev–Trinajstić information content (AvgIpc) is 3.14. The Kier molecular flexibility index (Phi) is 6.15. The molecule has 1 aromatic carbocycles. The molecule has 1 aliphatic carbocycles. The number of ether oxygens (including phenoxy) is 1. The molecule has 0 unspecified atom stereocenters. The SMILES string of the molecule is O=C(CCc1ccc(F)c(F)c1)NCc1ccnc(OC2CCCC2)c1. The second-order valence-corrected chi connectivity index (χ2v) is 6.55. The summed E-state index contributed by atoms with van der Waals surface area (Å²) in [7, 11) is 0. The van der Waals surface area contributed by atoms with E-state index in [1.54, 1.807) is 6.20 Å². The fourth-order valence-electron chi connectivity index (χ4n) is 3.04. The number of aromatic nitrogens is 1. The zero-order valence-corrected chi connectivity index (χ0v) is 14.5. The predicted octanol–water partition coefficient (Wildman–Crippen LogP) is 3.93. The number of pyridine rings is 1. The topological polar surface area (TPSA) is 51.2 Å². The Hall–Kier alpha value is -2.50. The molecule has 0 atom stereocenters. The van der Waals surface area contributed by atoms with Crippen LogP contribution in [0.1, 0.15) is 43.2 Å². The number of nitrogens with zero attached hydrogens (tertiary/aromatic N) is 1. The van der Waals surface area contributed by atoms with Crippen molar-refractivity contribution in [1.29, 1.82) is 0 Å². The maximum Gasteiger partial charge on any atom is 0.220 e. The van der Waals surface area contributed by atoms with Gasteiger partial charge in [0.2, 0.25) is 11.8 Å². The van der Waals surface area contributed by atoms with Crippen molar-refractivity contribution in [3.05, 3.63) is 59.3 Å². The molecule has 138 valence electrons. The number of aryl methyl sites for hydroxylation is 1. The summed E-state index contributed by atoms with van der Waals surface area (Å²) in [6.45, 7) is 0.375. The van der Waals surface area contributed by atoms with Crippen molar-refractivity contribution >= 4 is 5.91 Å². The summed E-state index contributed by atoms with van der Waals surface area (Å²) >= 11 is 0. The first-order valence-electron chi connectivity index (χ1n) is 8.92. The summed E-state index contributed by atoms with van der Waals surface area (Å²) < 4.78 is 31.9. The van der Waals surface area contributed by atoms with Crippen LogP contribution in [-0.4, -0.2) is 17.0 Å². The molecule has 1 heterocycles. The predicted molar refractivity (Wildman–Crippen MR) is 93.6 cm³/mol. The third-order valence-electron chi connectivity index (χ3n) is 4.50. The maximum absolute atomic E-state index is 13.2. The van der Waals surface area contributed by atoms with Crippen molar-refractivity contribution in [2.24, 2.45) is 0 Å². The zero-order valence-electron chi connectivity index (χ0n) is 14.5. The van der Waals surface area contributed by atoms with Crippen LogP contribution in [0.3, 0.4) is 0 Å². The Morgan fingerprint density at radius 3 is 2.69 bits per heavy atom. The summed E-state index contributed by atoms with van der Waals surface area (Å²) in [6, 6.07) is 7.36. The first-order valence-corrected chi connectivity index (χ1v) is 8.92. The van der Waals surface area contributed by atoms with Gasteiger partial charge < -0.3 is 10.1 Å². The Balaban J connectivity index is 1.45. The molecule has 1 saturated carbocycles. The van der Waals surface area contributed by atoms with E-state index in [9.17, 15) is 13.6 Å². The van der Waals surface area contributed by atoms with Gasteiger partial charge in [-0.15, -0.1) is 0 Å². The fraction of sp³-hybridized carbons (Fsp3) is 0.400. The van der Waals surface area contributed by atoms with Crippen molar-refractivity contribution < 1.29 is 18.3 Å². The molecule has 1 aromatic heterocycles. The highest BCUT2D eigenvalue weighted by atomic mass is 19.2. The third kappa shape index (κ3) is 5.25. The second kappa shape index (κ2) is 8.74. The number of nitrogens with one attached hydrogen (secondary N) is 1. The molecule has 0 aliphatic heterocycles. The highest BCUT2D eigenvalue weighted by Crippen LogP contribution is 2.23. The lowest BCUT2D eigenvalue weighted by molar-refractivity contribution is -0.121. The van der Waals surface area contributed by atoms with E-state index in [1.807, 2.05) is 12.1 Å². The number of carbonyl (C=O) groups excluding carboxylic acids is 1. The van der Waals surface area contributed by atoms with Crippen molar-refractivity contribution in [2.45, 2.75) is 51.2 Å². The van der Waals surface area contributed by atoms with E-state index in [-0.39, 0.29) is 18.4 Å². The van der Waals surface area contributed by atoms with Crippen LogP contribution in [0.2, 0.25) is 0 Å². The first kappa shape index (κ1) is 18.3. The van der Waals surface area contributed by atoms with Gasteiger partial charge in [-0.3, -0.25) is 4.79 Å². The molecule has 0 saturated heterocycles. The highest BCUT2D eigenvalue weighted by molar-refractivity contribution is 5.76. The van der Waals surface area contributed by atoms with Gasteiger partial charge in [0.15, 0.2) is 11.6 Å². The largest absolute Gasteiger partial charge is 0.474 e. The summed E-state index contributed by atoms with van der Waals surface area (Å²) in [5, 5.41) is 2.83. The molecule has 26 heavy (non-hydrogen) atoms. The molecule has 1 amide bonds. The third-order valence-corrected chi connectivity index (χ3v) is 4.50. The molecule has 2 aromatic rings. The van der Waals surface area contributed by atoms with Crippen molar-refractivity contribution in [2.75, 3.05) is 0 Å². The minimum Gasteiger partial charge on any atom is -0.474 e. The number of hydrogen-bond acceptors (Lipinski definition) is 3. The van der Waals surface area contributed by atoms with Crippen molar-refractivity contribution in [3.63, 3.8) is 0 Å². The van der Waals surface area contributed by atoms with Crippen LogP contribution in [0.25, 0.3) is 0 Å². The van der Waals surface area contributed by atoms with Crippen molar-refractivity contribution in [3.8, 4) is 5.88 Å². The fourth-order valence-corrected chi connectivity index (χ4v) is 3.04. The molecule has 1 fully saturated rings. The summed E-state index contributed by atoms with van der Waals surface area (Å²) in [6.07, 6.45) is 6.99. The average molecular weight is 360 g/mol. The van der Waals surface area contributed by atoms with Crippen LogP contribution in [0.4, 0.5) is 8.78 Å². The van der Waals surface area contributed by atoms with Gasteiger partial charge in [-0.2, -0.15) is 0 Å². The van der Waals surface area contributed by atoms with E-state index >= 15 is 0 Å². The van der Waals surface area contributed by atoms with E-state index in [0.717, 1.165) is 30.5 Å². The van der Waals surface area contributed by atoms with Crippen molar-refractivity contribution in [1.82, 2.24) is 10.3 Å². The van der Waals surface area contributed by atoms with E-state index in [2.05, 4.69) is 10.3 Å². The van der Waals surface area contributed by atoms with Crippen LogP contribution in [0.15, 0.2) is 36.5 Å². The van der Waals surface area contributed by atoms with Gasteiger partial charge in [-0.25, -0.2) is 13.8 Å². The van der Waals surface area contributed by atoms with Crippen LogP contribution < -0.4 is 10.1 Å². The van der Waals surface area contributed by atoms with Gasteiger partial charge in [0, 0.05) is 25.2 Å². The molecular weight excluding hydrogens is 338 g/mol. The monoisotopic (exact) mass is 360 g/mol. The molecule has 6 heteroatoms. The van der Waals surface area contributed by atoms with E-state index < -0.39 is 11.6 Å². The molecular formula is C20H22F2N2O2. The van der Waals surface area contributed by atoms with E-state index in [1.165, 1.54) is 18.9 Å². The molecule has 3 rings (SSSR count). The molecule has 1 aliphatic rings. The number of benzene rings is 1. The smallest absolute Gasteiger partial charge is 0.220 e. The van der Waals surface area contributed by atoms with Gasteiger partial charge in [-0.05, 0) is 61.4 Å². The van der Waals surface area contributed by atoms with Gasteiger partial charge in [0.05, 0.1) is 0 Å². The molecule has 0 radical (unpaired) electrons. The quantitative estimate of drug-likeness (QED) is 0.814. The number of amides is 1. The van der Waals surface area contributed by atoms with Crippen LogP contribution in [0.5, 0.6) is 5.88 Å². The molecule has 0 spiro atoms. The Labute approximate surface area is 151 Å². The lowest BCUT2D eigenvalue weighted by Crippen LogP contribution is -2.23. The summed E-state index contributed by atoms with van der Waals surface area (Å²) in [4.78, 5) is 16.2. The molecule has 4 nitrogen and oxygen atoms in total. The Morgan fingerprint density at radius 1 is 1.12 bits per heavy atom. The molecule has 0 bridgehead atoms. The summed E-state index contributed by atoms with van der Waals surface area (Å²) in [5.74, 6) is -1.34. The van der Waals surface area contributed by atoms with Gasteiger partial charge >= 0.3 is 0 Å². The maximum atomic E-state index is 13.2. The zero-order chi connectivity index (χ0) is 18.4. The minimum absolute atomic E-state index is 0.148. The second-order valence-electron chi connectivity index (χ2n) is 6.55.